The molecule has 4 nitrogen and oxygen atoms in total. The lowest BCUT2D eigenvalue weighted by atomic mass is 9.92. The monoisotopic (exact) mass is 340 g/mol. The van der Waals surface area contributed by atoms with Gasteiger partial charge in [0.25, 0.3) is 5.91 Å². The van der Waals surface area contributed by atoms with Gasteiger partial charge in [-0.25, -0.2) is 0 Å². The van der Waals surface area contributed by atoms with Gasteiger partial charge in [0.05, 0.1) is 11.1 Å². The SMILES string of the molecule is NC(=O)c1cc(Br)ccc1OCC1(N)CCCCCC1. The zero-order valence-corrected chi connectivity index (χ0v) is 13.1. The van der Waals surface area contributed by atoms with Gasteiger partial charge in [0.1, 0.15) is 12.4 Å². The van der Waals surface area contributed by atoms with Crippen LogP contribution < -0.4 is 16.2 Å². The molecule has 1 amide bonds. The molecule has 2 rings (SSSR count). The maximum atomic E-state index is 11.5. The highest BCUT2D eigenvalue weighted by atomic mass is 79.9. The maximum absolute atomic E-state index is 11.5. The molecule has 0 atom stereocenters. The van der Waals surface area contributed by atoms with Crippen LogP contribution in [0, 0.1) is 0 Å². The van der Waals surface area contributed by atoms with Gasteiger partial charge < -0.3 is 16.2 Å². The molecule has 0 heterocycles. The van der Waals surface area contributed by atoms with Crippen LogP contribution in [-0.2, 0) is 0 Å². The van der Waals surface area contributed by atoms with Crippen molar-refractivity contribution < 1.29 is 9.53 Å². The first-order chi connectivity index (χ1) is 9.50. The van der Waals surface area contributed by atoms with Gasteiger partial charge in [-0.1, -0.05) is 41.6 Å². The lowest BCUT2D eigenvalue weighted by Gasteiger charge is -2.28. The van der Waals surface area contributed by atoms with E-state index in [1.165, 1.54) is 12.8 Å². The van der Waals surface area contributed by atoms with Crippen LogP contribution in [0.1, 0.15) is 48.9 Å². The topological polar surface area (TPSA) is 78.3 Å². The van der Waals surface area contributed by atoms with Gasteiger partial charge in [-0.15, -0.1) is 0 Å². The Morgan fingerprint density at radius 3 is 2.50 bits per heavy atom. The molecule has 1 fully saturated rings. The highest BCUT2D eigenvalue weighted by Gasteiger charge is 2.27. The first-order valence-corrected chi connectivity index (χ1v) is 7.80. The van der Waals surface area contributed by atoms with Gasteiger partial charge in [-0.2, -0.15) is 0 Å². The molecule has 0 unspecified atom stereocenters. The van der Waals surface area contributed by atoms with Crippen molar-refractivity contribution in [3.8, 4) is 5.75 Å². The second-order valence-corrected chi connectivity index (χ2v) is 6.49. The minimum absolute atomic E-state index is 0.293. The van der Waals surface area contributed by atoms with Crippen molar-refractivity contribution in [3.63, 3.8) is 0 Å². The number of nitrogens with two attached hydrogens (primary N) is 2. The molecule has 20 heavy (non-hydrogen) atoms. The summed E-state index contributed by atoms with van der Waals surface area (Å²) in [6.45, 7) is 0.426. The lowest BCUT2D eigenvalue weighted by molar-refractivity contribution is 0.0993. The molecule has 0 aromatic heterocycles. The Balaban J connectivity index is 2.08. The number of hydrogen-bond donors (Lipinski definition) is 2. The molecule has 1 aliphatic carbocycles. The van der Waals surface area contributed by atoms with Crippen LogP contribution in [0.5, 0.6) is 5.75 Å². The number of halogens is 1. The standard InChI is InChI=1S/C15H21BrN2O2/c16-11-5-6-13(12(9-11)14(17)19)20-10-15(18)7-3-1-2-4-8-15/h5-6,9H,1-4,7-8,10,18H2,(H2,17,19). The fourth-order valence-electron chi connectivity index (χ4n) is 2.62. The number of ether oxygens (including phenoxy) is 1. The summed E-state index contributed by atoms with van der Waals surface area (Å²) >= 11 is 3.33. The molecule has 0 spiro atoms. The van der Waals surface area contributed by atoms with E-state index in [-0.39, 0.29) is 5.54 Å². The molecule has 0 saturated heterocycles. The Morgan fingerprint density at radius 1 is 1.25 bits per heavy atom. The average Bonchev–Trinajstić information content (AvgIpc) is 2.62. The Morgan fingerprint density at radius 2 is 1.90 bits per heavy atom. The molecule has 1 aliphatic rings. The average molecular weight is 341 g/mol. The Kier molecular flexibility index (Phi) is 5.05. The van der Waals surface area contributed by atoms with Crippen LogP contribution in [0.3, 0.4) is 0 Å². The molecule has 0 aliphatic heterocycles. The Hall–Kier alpha value is -1.07. The Bertz CT molecular complexity index is 483. The van der Waals surface area contributed by atoms with Gasteiger partial charge >= 0.3 is 0 Å². The number of carbonyl (C=O) groups excluding carboxylic acids is 1. The first-order valence-electron chi connectivity index (χ1n) is 7.01. The van der Waals surface area contributed by atoms with Crippen LogP contribution in [0.25, 0.3) is 0 Å². The van der Waals surface area contributed by atoms with E-state index >= 15 is 0 Å². The van der Waals surface area contributed by atoms with E-state index in [4.69, 9.17) is 16.2 Å². The minimum atomic E-state index is -0.492. The number of hydrogen-bond acceptors (Lipinski definition) is 3. The van der Waals surface area contributed by atoms with Crippen LogP contribution in [0.2, 0.25) is 0 Å². The van der Waals surface area contributed by atoms with Crippen molar-refractivity contribution in [2.24, 2.45) is 11.5 Å². The predicted molar refractivity (Wildman–Crippen MR) is 82.8 cm³/mol. The summed E-state index contributed by atoms with van der Waals surface area (Å²) < 4.78 is 6.61. The van der Waals surface area contributed by atoms with Crippen molar-refractivity contribution >= 4 is 21.8 Å². The molecular weight excluding hydrogens is 320 g/mol. The van der Waals surface area contributed by atoms with Crippen LogP contribution in [0.15, 0.2) is 22.7 Å². The summed E-state index contributed by atoms with van der Waals surface area (Å²) in [7, 11) is 0. The van der Waals surface area contributed by atoms with Crippen molar-refractivity contribution in [2.45, 2.75) is 44.1 Å². The molecule has 4 N–H and O–H groups in total. The number of amides is 1. The Labute approximate surface area is 128 Å². The molecule has 110 valence electrons. The summed E-state index contributed by atoms with van der Waals surface area (Å²) in [4.78, 5) is 11.5. The van der Waals surface area contributed by atoms with E-state index in [1.54, 1.807) is 12.1 Å². The fraction of sp³-hybridized carbons (Fsp3) is 0.533. The third-order valence-corrected chi connectivity index (χ3v) is 4.31. The van der Waals surface area contributed by atoms with E-state index in [9.17, 15) is 4.79 Å². The van der Waals surface area contributed by atoms with E-state index in [2.05, 4.69) is 15.9 Å². The quantitative estimate of drug-likeness (QED) is 0.827. The summed E-state index contributed by atoms with van der Waals surface area (Å²) in [5.41, 5.74) is 11.9. The summed E-state index contributed by atoms with van der Waals surface area (Å²) in [5, 5.41) is 0. The molecule has 0 bridgehead atoms. The largest absolute Gasteiger partial charge is 0.491 e. The first kappa shape index (κ1) is 15.3. The van der Waals surface area contributed by atoms with Crippen molar-refractivity contribution in [3.05, 3.63) is 28.2 Å². The van der Waals surface area contributed by atoms with Crippen LogP contribution in [-0.4, -0.2) is 18.1 Å². The molecule has 1 saturated carbocycles. The summed E-state index contributed by atoms with van der Waals surface area (Å²) in [5.74, 6) is 0.0167. The molecule has 5 heteroatoms. The molecule has 1 aromatic carbocycles. The zero-order valence-electron chi connectivity index (χ0n) is 11.5. The van der Waals surface area contributed by atoms with Crippen molar-refractivity contribution in [2.75, 3.05) is 6.61 Å². The summed E-state index contributed by atoms with van der Waals surface area (Å²) in [6, 6.07) is 5.26. The molecule has 1 aromatic rings. The van der Waals surface area contributed by atoms with E-state index in [0.29, 0.717) is 17.9 Å². The van der Waals surface area contributed by atoms with Crippen molar-refractivity contribution in [1.29, 1.82) is 0 Å². The lowest BCUT2D eigenvalue weighted by Crippen LogP contribution is -2.45. The predicted octanol–water partition coefficient (Wildman–Crippen LogP) is 2.98. The number of rotatable bonds is 4. The van der Waals surface area contributed by atoms with Gasteiger partial charge in [0.15, 0.2) is 0 Å². The highest BCUT2D eigenvalue weighted by molar-refractivity contribution is 9.10. The second-order valence-electron chi connectivity index (χ2n) is 5.57. The third-order valence-electron chi connectivity index (χ3n) is 3.82. The minimum Gasteiger partial charge on any atom is -0.491 e. The van der Waals surface area contributed by atoms with Gasteiger partial charge in [0, 0.05) is 4.47 Å². The maximum Gasteiger partial charge on any atom is 0.252 e. The number of benzene rings is 1. The van der Waals surface area contributed by atoms with Gasteiger partial charge in [-0.05, 0) is 31.0 Å². The van der Waals surface area contributed by atoms with E-state index < -0.39 is 5.91 Å². The van der Waals surface area contributed by atoms with Gasteiger partial charge in [-0.3, -0.25) is 4.79 Å². The third kappa shape index (κ3) is 3.96. The molecular formula is C15H21BrN2O2. The normalized spacial score (nSPS) is 18.3. The molecule has 0 radical (unpaired) electrons. The van der Waals surface area contributed by atoms with E-state index in [1.807, 2.05) is 6.07 Å². The van der Waals surface area contributed by atoms with E-state index in [0.717, 1.165) is 30.2 Å². The van der Waals surface area contributed by atoms with Gasteiger partial charge in [0.2, 0.25) is 0 Å². The highest BCUT2D eigenvalue weighted by Crippen LogP contribution is 2.28. The van der Waals surface area contributed by atoms with Crippen LogP contribution in [0.4, 0.5) is 0 Å². The fourth-order valence-corrected chi connectivity index (χ4v) is 2.98. The zero-order chi connectivity index (χ0) is 14.6. The van der Waals surface area contributed by atoms with Crippen molar-refractivity contribution in [1.82, 2.24) is 0 Å². The smallest absolute Gasteiger partial charge is 0.252 e. The summed E-state index contributed by atoms with van der Waals surface area (Å²) in [6.07, 6.45) is 6.70. The second kappa shape index (κ2) is 6.59. The number of primary amides is 1. The number of carbonyl (C=O) groups is 1. The van der Waals surface area contributed by atoms with Crippen LogP contribution >= 0.6 is 15.9 Å².